The molecular weight excluding hydrogens is 245 g/mol. The van der Waals surface area contributed by atoms with Crippen LogP contribution in [0.4, 0.5) is 4.39 Å². The molecule has 0 saturated heterocycles. The van der Waals surface area contributed by atoms with Crippen LogP contribution in [0.25, 0.3) is 0 Å². The van der Waals surface area contributed by atoms with E-state index in [4.69, 9.17) is 4.74 Å². The third kappa shape index (κ3) is 2.96. The lowest BCUT2D eigenvalue weighted by molar-refractivity contribution is 0.103. The molecule has 98 valence electrons. The van der Waals surface area contributed by atoms with Gasteiger partial charge in [-0.25, -0.2) is 4.39 Å². The van der Waals surface area contributed by atoms with Crippen LogP contribution >= 0.6 is 0 Å². The Morgan fingerprint density at radius 3 is 2.79 bits per heavy atom. The molecule has 0 aliphatic heterocycles. The van der Waals surface area contributed by atoms with Gasteiger partial charge in [0.05, 0.1) is 23.9 Å². The van der Waals surface area contributed by atoms with Gasteiger partial charge in [0.25, 0.3) is 0 Å². The maximum atomic E-state index is 13.6. The van der Waals surface area contributed by atoms with Gasteiger partial charge in [-0.05, 0) is 24.6 Å². The van der Waals surface area contributed by atoms with Gasteiger partial charge in [0.1, 0.15) is 5.75 Å². The summed E-state index contributed by atoms with van der Waals surface area (Å²) in [6.45, 7) is 2.50. The zero-order valence-corrected chi connectivity index (χ0v) is 10.6. The van der Waals surface area contributed by atoms with E-state index in [2.05, 4.69) is 4.98 Å². The maximum Gasteiger partial charge on any atom is 0.199 e. The third-order valence-corrected chi connectivity index (χ3v) is 2.61. The molecule has 0 N–H and O–H groups in total. The lowest BCUT2D eigenvalue weighted by Gasteiger charge is -2.10. The first-order valence-electron chi connectivity index (χ1n) is 6.10. The molecule has 0 radical (unpaired) electrons. The number of hydrogen-bond donors (Lipinski definition) is 0. The largest absolute Gasteiger partial charge is 0.493 e. The Morgan fingerprint density at radius 1 is 1.26 bits per heavy atom. The number of para-hydroxylation sites is 1. The van der Waals surface area contributed by atoms with Crippen LogP contribution in [-0.2, 0) is 0 Å². The minimum absolute atomic E-state index is 0.00236. The Balaban J connectivity index is 2.36. The number of halogens is 1. The van der Waals surface area contributed by atoms with Crippen molar-refractivity contribution < 1.29 is 13.9 Å². The van der Waals surface area contributed by atoms with Crippen LogP contribution in [0.1, 0.15) is 29.3 Å². The molecule has 0 aliphatic carbocycles. The van der Waals surface area contributed by atoms with Crippen molar-refractivity contribution in [3.05, 3.63) is 59.7 Å². The molecule has 3 nitrogen and oxygen atoms in total. The highest BCUT2D eigenvalue weighted by molar-refractivity contribution is 6.10. The van der Waals surface area contributed by atoms with E-state index in [0.29, 0.717) is 17.9 Å². The number of ketones is 1. The zero-order valence-electron chi connectivity index (χ0n) is 10.6. The van der Waals surface area contributed by atoms with Crippen LogP contribution in [0, 0.1) is 5.82 Å². The number of hydrogen-bond acceptors (Lipinski definition) is 3. The molecule has 4 heteroatoms. The monoisotopic (exact) mass is 259 g/mol. The van der Waals surface area contributed by atoms with Crippen molar-refractivity contribution in [2.24, 2.45) is 0 Å². The summed E-state index contributed by atoms with van der Waals surface area (Å²) >= 11 is 0. The first-order chi connectivity index (χ1) is 9.24. The summed E-state index contributed by atoms with van der Waals surface area (Å²) in [5, 5.41) is 0. The van der Waals surface area contributed by atoms with Crippen molar-refractivity contribution in [2.45, 2.75) is 13.3 Å². The maximum absolute atomic E-state index is 13.6. The SMILES string of the molecule is CCCOc1ccccc1C(=O)c1ccncc1F. The van der Waals surface area contributed by atoms with Crippen LogP contribution in [-0.4, -0.2) is 17.4 Å². The van der Waals surface area contributed by atoms with E-state index in [1.165, 1.54) is 12.3 Å². The molecule has 19 heavy (non-hydrogen) atoms. The lowest BCUT2D eigenvalue weighted by Crippen LogP contribution is -2.08. The fourth-order valence-corrected chi connectivity index (χ4v) is 1.70. The van der Waals surface area contributed by atoms with Gasteiger partial charge in [0.2, 0.25) is 0 Å². The van der Waals surface area contributed by atoms with Gasteiger partial charge >= 0.3 is 0 Å². The summed E-state index contributed by atoms with van der Waals surface area (Å²) in [6, 6.07) is 8.22. The Morgan fingerprint density at radius 2 is 2.05 bits per heavy atom. The molecule has 0 fully saturated rings. The third-order valence-electron chi connectivity index (χ3n) is 2.61. The molecule has 0 aliphatic rings. The van der Waals surface area contributed by atoms with Crippen LogP contribution in [0.3, 0.4) is 0 Å². The Hall–Kier alpha value is -2.23. The van der Waals surface area contributed by atoms with Crippen LogP contribution in [0.5, 0.6) is 5.75 Å². The van der Waals surface area contributed by atoms with Crippen molar-refractivity contribution >= 4 is 5.78 Å². The van der Waals surface area contributed by atoms with E-state index in [9.17, 15) is 9.18 Å². The quantitative estimate of drug-likeness (QED) is 0.774. The summed E-state index contributed by atoms with van der Waals surface area (Å²) in [5.74, 6) is -0.546. The molecule has 1 aromatic heterocycles. The molecule has 0 amide bonds. The van der Waals surface area contributed by atoms with Gasteiger partial charge in [-0.2, -0.15) is 0 Å². The Kier molecular flexibility index (Phi) is 4.23. The fraction of sp³-hybridized carbons (Fsp3) is 0.200. The van der Waals surface area contributed by atoms with Gasteiger partial charge in [0, 0.05) is 6.20 Å². The highest BCUT2D eigenvalue weighted by atomic mass is 19.1. The number of benzene rings is 1. The normalized spacial score (nSPS) is 10.2. The topological polar surface area (TPSA) is 39.2 Å². The summed E-state index contributed by atoms with van der Waals surface area (Å²) in [4.78, 5) is 15.9. The molecule has 2 aromatic rings. The minimum Gasteiger partial charge on any atom is -0.493 e. The molecule has 0 bridgehead atoms. The van der Waals surface area contributed by atoms with Crippen LogP contribution in [0.2, 0.25) is 0 Å². The molecule has 1 aromatic carbocycles. The number of rotatable bonds is 5. The predicted molar refractivity (Wildman–Crippen MR) is 69.9 cm³/mol. The molecule has 0 spiro atoms. The first-order valence-corrected chi connectivity index (χ1v) is 6.10. The number of carbonyl (C=O) groups is 1. The predicted octanol–water partition coefficient (Wildman–Crippen LogP) is 3.24. The molecule has 0 atom stereocenters. The van der Waals surface area contributed by atoms with Crippen molar-refractivity contribution in [2.75, 3.05) is 6.61 Å². The van der Waals surface area contributed by atoms with Crippen molar-refractivity contribution in [1.29, 1.82) is 0 Å². The van der Waals surface area contributed by atoms with E-state index < -0.39 is 11.6 Å². The van der Waals surface area contributed by atoms with Crippen molar-refractivity contribution in [3.8, 4) is 5.75 Å². The number of carbonyl (C=O) groups excluding carboxylic acids is 1. The summed E-state index contributed by atoms with van der Waals surface area (Å²) in [6.07, 6.45) is 3.26. The van der Waals surface area contributed by atoms with Gasteiger partial charge in [-0.3, -0.25) is 9.78 Å². The van der Waals surface area contributed by atoms with Gasteiger partial charge < -0.3 is 4.74 Å². The molecule has 0 unspecified atom stereocenters. The van der Waals surface area contributed by atoms with E-state index >= 15 is 0 Å². The lowest BCUT2D eigenvalue weighted by atomic mass is 10.0. The van der Waals surface area contributed by atoms with Gasteiger partial charge in [-0.1, -0.05) is 19.1 Å². The van der Waals surface area contributed by atoms with E-state index in [1.54, 1.807) is 24.3 Å². The Labute approximate surface area is 111 Å². The highest BCUT2D eigenvalue weighted by Gasteiger charge is 2.17. The number of pyridine rings is 1. The zero-order chi connectivity index (χ0) is 13.7. The second kappa shape index (κ2) is 6.09. The summed E-state index contributed by atoms with van der Waals surface area (Å²) < 4.78 is 19.1. The molecule has 1 heterocycles. The van der Waals surface area contributed by atoms with Crippen LogP contribution in [0.15, 0.2) is 42.7 Å². The second-order valence-electron chi connectivity index (χ2n) is 4.03. The van der Waals surface area contributed by atoms with Gasteiger partial charge in [-0.15, -0.1) is 0 Å². The summed E-state index contributed by atoms with van der Waals surface area (Å²) in [7, 11) is 0. The number of aromatic nitrogens is 1. The van der Waals surface area contributed by atoms with Crippen molar-refractivity contribution in [3.63, 3.8) is 0 Å². The van der Waals surface area contributed by atoms with E-state index in [1.807, 2.05) is 6.92 Å². The smallest absolute Gasteiger partial charge is 0.199 e. The van der Waals surface area contributed by atoms with E-state index in [-0.39, 0.29) is 5.56 Å². The summed E-state index contributed by atoms with van der Waals surface area (Å²) in [5.41, 5.74) is 0.364. The molecule has 2 rings (SSSR count). The molecule has 0 saturated carbocycles. The van der Waals surface area contributed by atoms with E-state index in [0.717, 1.165) is 12.6 Å². The number of nitrogens with zero attached hydrogens (tertiary/aromatic N) is 1. The average Bonchev–Trinajstić information content (AvgIpc) is 2.45. The van der Waals surface area contributed by atoms with Crippen molar-refractivity contribution in [1.82, 2.24) is 4.98 Å². The number of ether oxygens (including phenoxy) is 1. The standard InChI is InChI=1S/C15H14FNO2/c1-2-9-19-14-6-4-3-5-12(14)15(18)11-7-8-17-10-13(11)16/h3-8,10H,2,9H2,1H3. The van der Waals surface area contributed by atoms with Gasteiger partial charge in [0.15, 0.2) is 11.6 Å². The second-order valence-corrected chi connectivity index (χ2v) is 4.03. The fourth-order valence-electron chi connectivity index (χ4n) is 1.70. The van der Waals surface area contributed by atoms with Crippen LogP contribution < -0.4 is 4.74 Å². The first kappa shape index (κ1) is 13.2. The minimum atomic E-state index is -0.627. The average molecular weight is 259 g/mol. The Bertz CT molecular complexity index is 584. The highest BCUT2D eigenvalue weighted by Crippen LogP contribution is 2.22. The molecular formula is C15H14FNO2.